The van der Waals surface area contributed by atoms with E-state index < -0.39 is 59.2 Å². The zero-order chi connectivity index (χ0) is 40.0. The molecule has 4 rings (SSSR count). The first-order valence-electron chi connectivity index (χ1n) is 18.2. The van der Waals surface area contributed by atoms with Gasteiger partial charge in [-0.2, -0.15) is 0 Å². The number of rotatable bonds is 20. The summed E-state index contributed by atoms with van der Waals surface area (Å²) in [6.07, 6.45) is 4.40. The number of hydrogen-bond acceptors (Lipinski definition) is 8. The van der Waals surface area contributed by atoms with E-state index in [1.54, 1.807) is 30.5 Å². The molecule has 6 amide bonds. The van der Waals surface area contributed by atoms with Gasteiger partial charge in [-0.05, 0) is 55.0 Å². The highest BCUT2D eigenvalue weighted by atomic mass is 16.2. The third-order valence-electron chi connectivity index (χ3n) is 8.93. The Morgan fingerprint density at radius 1 is 0.709 bits per heavy atom. The molecule has 0 saturated carbocycles. The third kappa shape index (κ3) is 13.4. The Hall–Kier alpha value is -6.09. The lowest BCUT2D eigenvalue weighted by Crippen LogP contribution is -2.60. The predicted octanol–water partition coefficient (Wildman–Crippen LogP) is 1.06. The number of H-pyrrole nitrogens is 1. The van der Waals surface area contributed by atoms with E-state index in [0.29, 0.717) is 25.1 Å². The molecule has 292 valence electrons. The van der Waals surface area contributed by atoms with Crippen molar-refractivity contribution in [3.05, 3.63) is 102 Å². The maximum Gasteiger partial charge on any atom is 0.243 e. The van der Waals surface area contributed by atoms with Crippen LogP contribution >= 0.6 is 0 Å². The van der Waals surface area contributed by atoms with Gasteiger partial charge in [0.05, 0.1) is 17.6 Å². The van der Waals surface area contributed by atoms with Crippen molar-refractivity contribution in [2.45, 2.75) is 89.0 Å². The molecule has 0 aliphatic rings. The second kappa shape index (κ2) is 19.8. The molecule has 4 aromatic rings. The lowest BCUT2D eigenvalue weighted by atomic mass is 9.99. The van der Waals surface area contributed by atoms with E-state index in [1.165, 1.54) is 27.1 Å². The van der Waals surface area contributed by atoms with Crippen LogP contribution in [0.2, 0.25) is 0 Å². The Morgan fingerprint density at radius 3 is 1.87 bits per heavy atom. The predicted molar refractivity (Wildman–Crippen MR) is 208 cm³/mol. The van der Waals surface area contributed by atoms with Crippen LogP contribution in [0.5, 0.6) is 0 Å². The summed E-state index contributed by atoms with van der Waals surface area (Å²) in [5, 5.41) is 15.6. The van der Waals surface area contributed by atoms with Gasteiger partial charge in [0.2, 0.25) is 35.4 Å². The molecule has 0 radical (unpaired) electrons. The van der Waals surface area contributed by atoms with Crippen molar-refractivity contribution >= 4 is 46.2 Å². The number of aromatic nitrogens is 2. The second-order valence-corrected chi connectivity index (χ2v) is 14.2. The van der Waals surface area contributed by atoms with Crippen LogP contribution in [-0.4, -0.2) is 81.7 Å². The Labute approximate surface area is 320 Å². The quantitative estimate of drug-likeness (QED) is 0.0606. The molecule has 1 heterocycles. The normalized spacial score (nSPS) is 13.5. The zero-order valence-corrected chi connectivity index (χ0v) is 31.4. The molecule has 0 saturated heterocycles. The second-order valence-electron chi connectivity index (χ2n) is 14.2. The summed E-state index contributed by atoms with van der Waals surface area (Å²) in [5.41, 5.74) is 12.3. The Morgan fingerprint density at radius 2 is 1.29 bits per heavy atom. The minimum absolute atomic E-state index is 0.000173. The zero-order valence-electron chi connectivity index (χ0n) is 31.4. The Bertz CT molecular complexity index is 1930. The van der Waals surface area contributed by atoms with Crippen molar-refractivity contribution in [2.75, 3.05) is 6.54 Å². The number of nitrogens with two attached hydrogens (primary N) is 2. The van der Waals surface area contributed by atoms with E-state index in [9.17, 15) is 28.8 Å². The highest BCUT2D eigenvalue weighted by molar-refractivity contribution is 5.96. The van der Waals surface area contributed by atoms with Gasteiger partial charge in [0.1, 0.15) is 24.2 Å². The van der Waals surface area contributed by atoms with Gasteiger partial charge in [-0.1, -0.05) is 72.8 Å². The molecule has 15 nitrogen and oxygen atoms in total. The first kappa shape index (κ1) is 41.7. The highest BCUT2D eigenvalue weighted by Gasteiger charge is 2.33. The maximum atomic E-state index is 14.3. The monoisotopic (exact) mass is 753 g/mol. The lowest BCUT2D eigenvalue weighted by molar-refractivity contribution is -0.134. The van der Waals surface area contributed by atoms with Gasteiger partial charge in [0.15, 0.2) is 0 Å². The van der Waals surface area contributed by atoms with Gasteiger partial charge in [-0.15, -0.1) is 0 Å². The van der Waals surface area contributed by atoms with Crippen LogP contribution in [0.3, 0.4) is 0 Å². The molecule has 15 heteroatoms. The summed E-state index contributed by atoms with van der Waals surface area (Å²) in [5.74, 6) is -3.49. The van der Waals surface area contributed by atoms with Crippen molar-refractivity contribution in [2.24, 2.45) is 11.5 Å². The smallest absolute Gasteiger partial charge is 0.243 e. The van der Waals surface area contributed by atoms with Crippen LogP contribution in [0.15, 0.2) is 85.3 Å². The molecule has 3 aromatic carbocycles. The average Bonchev–Trinajstić information content (AvgIpc) is 3.66. The van der Waals surface area contributed by atoms with Crippen molar-refractivity contribution < 1.29 is 28.8 Å². The van der Waals surface area contributed by atoms with E-state index in [1.807, 2.05) is 48.5 Å². The number of carbonyl (C=O) groups is 6. The van der Waals surface area contributed by atoms with Crippen molar-refractivity contribution in [1.82, 2.24) is 36.6 Å². The van der Waals surface area contributed by atoms with Gasteiger partial charge in [-0.25, -0.2) is 4.98 Å². The van der Waals surface area contributed by atoms with Gasteiger partial charge >= 0.3 is 0 Å². The van der Waals surface area contributed by atoms with E-state index in [2.05, 4.69) is 36.6 Å². The van der Waals surface area contributed by atoms with E-state index in [4.69, 9.17) is 11.5 Å². The standard InChI is InChI=1S/C40H51N9O6/c1-25(50)44-18-10-9-15-31(35(41)51)46-36(52)32(20-26-11-5-4-6-12-26)47-37(53)33(21-27-16-17-28-13-7-8-14-29(28)19-27)48-38(54)34(22-30-23-43-24-45-30)49-39(55)40(2,3)42/h4-8,11-14,16-17,19,23-24,31-34H,9-10,15,18,20-22,42H2,1-3H3,(H2,41,51)(H,43,45)(H,44,50)(H,46,52)(H,47,53)(H,48,54)(H,49,55)/t31-,32+,33+,34-/m0/s1. The topological polar surface area (TPSA) is 243 Å². The third-order valence-corrected chi connectivity index (χ3v) is 8.93. The molecule has 1 aromatic heterocycles. The van der Waals surface area contributed by atoms with Crippen LogP contribution < -0.4 is 38.1 Å². The number of primary amides is 1. The molecule has 0 unspecified atom stereocenters. The fourth-order valence-electron chi connectivity index (χ4n) is 5.88. The number of carbonyl (C=O) groups excluding carboxylic acids is 6. The number of fused-ring (bicyclic) bond motifs is 1. The summed E-state index contributed by atoms with van der Waals surface area (Å²) in [6, 6.07) is 17.8. The highest BCUT2D eigenvalue weighted by Crippen LogP contribution is 2.17. The van der Waals surface area contributed by atoms with Gasteiger partial charge in [0, 0.05) is 38.9 Å². The minimum Gasteiger partial charge on any atom is -0.368 e. The number of imidazole rings is 1. The van der Waals surface area contributed by atoms with Crippen LogP contribution in [0, 0.1) is 0 Å². The maximum absolute atomic E-state index is 14.3. The minimum atomic E-state index is -1.31. The summed E-state index contributed by atoms with van der Waals surface area (Å²) in [7, 11) is 0. The molecular formula is C40H51N9O6. The summed E-state index contributed by atoms with van der Waals surface area (Å²) < 4.78 is 0. The fourth-order valence-corrected chi connectivity index (χ4v) is 5.88. The van der Waals surface area contributed by atoms with Crippen molar-refractivity contribution in [1.29, 1.82) is 0 Å². The van der Waals surface area contributed by atoms with Crippen LogP contribution in [0.1, 0.15) is 56.9 Å². The number of nitrogens with one attached hydrogen (secondary N) is 6. The molecule has 55 heavy (non-hydrogen) atoms. The summed E-state index contributed by atoms with van der Waals surface area (Å²) >= 11 is 0. The largest absolute Gasteiger partial charge is 0.368 e. The lowest BCUT2D eigenvalue weighted by Gasteiger charge is -2.27. The molecular weight excluding hydrogens is 702 g/mol. The van der Waals surface area contributed by atoms with Crippen LogP contribution in [0.25, 0.3) is 10.8 Å². The van der Waals surface area contributed by atoms with E-state index in [-0.39, 0.29) is 31.6 Å². The number of benzene rings is 3. The van der Waals surface area contributed by atoms with Crippen LogP contribution in [0.4, 0.5) is 0 Å². The molecule has 0 spiro atoms. The number of unbranched alkanes of at least 4 members (excludes halogenated alkanes) is 1. The van der Waals surface area contributed by atoms with Crippen LogP contribution in [-0.2, 0) is 48.0 Å². The molecule has 0 aliphatic heterocycles. The molecule has 4 atom stereocenters. The molecule has 0 fully saturated rings. The van der Waals surface area contributed by atoms with Gasteiger partial charge in [-0.3, -0.25) is 28.8 Å². The van der Waals surface area contributed by atoms with Gasteiger partial charge < -0.3 is 43.0 Å². The Kier molecular flexibility index (Phi) is 15.0. The van der Waals surface area contributed by atoms with Crippen molar-refractivity contribution in [3.63, 3.8) is 0 Å². The number of amides is 6. The summed E-state index contributed by atoms with van der Waals surface area (Å²) in [6.45, 7) is 4.83. The molecule has 10 N–H and O–H groups in total. The fraction of sp³-hybridized carbons (Fsp3) is 0.375. The first-order chi connectivity index (χ1) is 26.2. The molecule has 0 aliphatic carbocycles. The SMILES string of the molecule is CC(=O)NCCCC[C@H](NC(=O)[C@@H](Cc1ccccc1)NC(=O)[C@@H](Cc1ccc2ccccc2c1)NC(=O)[C@H](Cc1c[nH]cn1)NC(=O)C(C)(C)N)C(N)=O. The number of nitrogens with zero attached hydrogens (tertiary/aromatic N) is 1. The first-order valence-corrected chi connectivity index (χ1v) is 18.2. The average molecular weight is 754 g/mol. The van der Waals surface area contributed by atoms with E-state index >= 15 is 0 Å². The number of hydrogen-bond donors (Lipinski definition) is 8. The number of aromatic amines is 1. The van der Waals surface area contributed by atoms with E-state index in [0.717, 1.165) is 21.9 Å². The summed E-state index contributed by atoms with van der Waals surface area (Å²) in [4.78, 5) is 85.9. The molecule has 0 bridgehead atoms. The van der Waals surface area contributed by atoms with Gasteiger partial charge in [0.25, 0.3) is 0 Å². The Balaban J connectivity index is 1.62. The van der Waals surface area contributed by atoms with Crippen molar-refractivity contribution in [3.8, 4) is 0 Å².